The van der Waals surface area contributed by atoms with E-state index in [-0.39, 0.29) is 16.9 Å². The van der Waals surface area contributed by atoms with Crippen molar-refractivity contribution in [3.05, 3.63) is 60.4 Å². The van der Waals surface area contributed by atoms with Gasteiger partial charge in [0.05, 0.1) is 22.8 Å². The lowest BCUT2D eigenvalue weighted by Crippen LogP contribution is -2.05. The molecule has 0 aliphatic rings. The molecule has 4 rings (SSSR count). The molecule has 1 aromatic carbocycles. The summed E-state index contributed by atoms with van der Waals surface area (Å²) in [6.45, 7) is 4.03. The number of nitrogens with zero attached hydrogens (tertiary/aromatic N) is 5. The molecule has 29 heavy (non-hydrogen) atoms. The van der Waals surface area contributed by atoms with E-state index in [9.17, 15) is 12.8 Å². The number of sulfone groups is 1. The Morgan fingerprint density at radius 1 is 1.00 bits per heavy atom. The second-order valence-corrected chi connectivity index (χ2v) is 8.88. The van der Waals surface area contributed by atoms with Gasteiger partial charge in [-0.15, -0.1) is 0 Å². The number of hydrogen-bond acceptors (Lipinski definition) is 6. The number of fused-ring (bicyclic) bond motifs is 1. The second kappa shape index (κ2) is 7.00. The van der Waals surface area contributed by atoms with E-state index < -0.39 is 9.84 Å². The molecular weight excluding hydrogens is 393 g/mol. The third kappa shape index (κ3) is 3.49. The fraction of sp³-hybridized carbons (Fsp3) is 0.200. The monoisotopic (exact) mass is 411 g/mol. The molecule has 7 nitrogen and oxygen atoms in total. The zero-order chi connectivity index (χ0) is 20.8. The van der Waals surface area contributed by atoms with Gasteiger partial charge in [0.1, 0.15) is 5.82 Å². The van der Waals surface area contributed by atoms with Crippen LogP contribution in [0.4, 0.5) is 4.39 Å². The zero-order valence-electron chi connectivity index (χ0n) is 16.0. The van der Waals surface area contributed by atoms with Gasteiger partial charge in [-0.2, -0.15) is 0 Å². The first-order chi connectivity index (χ1) is 13.8. The summed E-state index contributed by atoms with van der Waals surface area (Å²) in [5, 5.41) is -0.270. The summed E-state index contributed by atoms with van der Waals surface area (Å²) in [6.07, 6.45) is 5.87. The average Bonchev–Trinajstić information content (AvgIpc) is 3.07. The Kier molecular flexibility index (Phi) is 4.62. The van der Waals surface area contributed by atoms with E-state index >= 15 is 0 Å². The first-order valence-electron chi connectivity index (χ1n) is 8.92. The largest absolute Gasteiger partial charge is 0.295 e. The number of halogens is 1. The summed E-state index contributed by atoms with van der Waals surface area (Å²) in [5.41, 5.74) is 3.64. The third-order valence-electron chi connectivity index (χ3n) is 4.44. The molecule has 0 aliphatic heterocycles. The van der Waals surface area contributed by atoms with Crippen molar-refractivity contribution < 1.29 is 12.8 Å². The van der Waals surface area contributed by atoms with Gasteiger partial charge in [-0.3, -0.25) is 9.38 Å². The van der Waals surface area contributed by atoms with Crippen molar-refractivity contribution in [2.24, 2.45) is 0 Å². The first kappa shape index (κ1) is 19.1. The van der Waals surface area contributed by atoms with Crippen LogP contribution in [-0.2, 0) is 9.84 Å². The molecule has 0 saturated heterocycles. The van der Waals surface area contributed by atoms with Crippen LogP contribution in [-0.4, -0.2) is 39.0 Å². The number of benzene rings is 1. The minimum absolute atomic E-state index is 0.118. The topological polar surface area (TPSA) is 90.1 Å². The summed E-state index contributed by atoms with van der Waals surface area (Å²) >= 11 is 0. The molecule has 3 heterocycles. The minimum Gasteiger partial charge on any atom is -0.295 e. The highest BCUT2D eigenvalue weighted by Gasteiger charge is 2.22. The van der Waals surface area contributed by atoms with Gasteiger partial charge in [-0.05, 0) is 36.2 Å². The first-order valence-corrected chi connectivity index (χ1v) is 10.8. The fourth-order valence-corrected chi connectivity index (χ4v) is 3.63. The molecule has 0 saturated carbocycles. The van der Waals surface area contributed by atoms with Crippen LogP contribution in [0.25, 0.3) is 28.3 Å². The molecule has 148 valence electrons. The maximum absolute atomic E-state index is 13.5. The van der Waals surface area contributed by atoms with Crippen molar-refractivity contribution in [2.75, 3.05) is 6.26 Å². The van der Waals surface area contributed by atoms with Gasteiger partial charge >= 0.3 is 0 Å². The van der Waals surface area contributed by atoms with Crippen molar-refractivity contribution in [1.82, 2.24) is 24.3 Å². The van der Waals surface area contributed by atoms with Crippen molar-refractivity contribution in [2.45, 2.75) is 24.9 Å². The summed E-state index contributed by atoms with van der Waals surface area (Å²) in [6, 6.07) is 7.59. The smallest absolute Gasteiger partial charge is 0.247 e. The Morgan fingerprint density at radius 2 is 1.72 bits per heavy atom. The van der Waals surface area contributed by atoms with E-state index in [0.29, 0.717) is 28.3 Å². The molecule has 0 atom stereocenters. The predicted molar refractivity (Wildman–Crippen MR) is 107 cm³/mol. The van der Waals surface area contributed by atoms with Crippen molar-refractivity contribution >= 4 is 15.5 Å². The lowest BCUT2D eigenvalue weighted by Gasteiger charge is -2.08. The van der Waals surface area contributed by atoms with Gasteiger partial charge in [-0.1, -0.05) is 13.8 Å². The highest BCUT2D eigenvalue weighted by Crippen LogP contribution is 2.33. The highest BCUT2D eigenvalue weighted by atomic mass is 32.2. The summed E-state index contributed by atoms with van der Waals surface area (Å²) < 4.78 is 39.2. The van der Waals surface area contributed by atoms with Crippen LogP contribution in [0.15, 0.2) is 54.1 Å². The normalized spacial score (nSPS) is 12.0. The van der Waals surface area contributed by atoms with Crippen LogP contribution in [0.5, 0.6) is 0 Å². The summed E-state index contributed by atoms with van der Waals surface area (Å²) in [7, 11) is -3.59. The predicted octanol–water partition coefficient (Wildman–Crippen LogP) is 3.52. The van der Waals surface area contributed by atoms with Crippen LogP contribution in [0.1, 0.15) is 25.5 Å². The Bertz CT molecular complexity index is 1310. The van der Waals surface area contributed by atoms with Crippen LogP contribution in [0.3, 0.4) is 0 Å². The Morgan fingerprint density at radius 3 is 2.38 bits per heavy atom. The van der Waals surface area contributed by atoms with Crippen molar-refractivity contribution in [3.63, 3.8) is 0 Å². The standard InChI is InChI=1S/C20H18FN5O2S/c1-12(2)16-19-25-17(13-4-6-14(21)7-5-13)18(26(19)11-10-22-16)15-8-9-23-20(24-15)29(3,27)28/h4-12H,1-3H3. The maximum atomic E-state index is 13.5. The van der Waals surface area contributed by atoms with E-state index in [1.165, 1.54) is 18.3 Å². The van der Waals surface area contributed by atoms with E-state index in [4.69, 9.17) is 4.98 Å². The lowest BCUT2D eigenvalue weighted by atomic mass is 10.1. The molecular formula is C20H18FN5O2S. The van der Waals surface area contributed by atoms with Crippen molar-refractivity contribution in [3.8, 4) is 22.6 Å². The van der Waals surface area contributed by atoms with E-state index in [2.05, 4.69) is 15.0 Å². The van der Waals surface area contributed by atoms with Gasteiger partial charge in [0.15, 0.2) is 5.65 Å². The number of aromatic nitrogens is 5. The number of rotatable bonds is 4. The van der Waals surface area contributed by atoms with Gasteiger partial charge in [0.25, 0.3) is 0 Å². The summed E-state index contributed by atoms with van der Waals surface area (Å²) in [4.78, 5) is 17.3. The van der Waals surface area contributed by atoms with E-state index in [1.807, 2.05) is 18.2 Å². The minimum atomic E-state index is -3.59. The van der Waals surface area contributed by atoms with E-state index in [1.54, 1.807) is 30.6 Å². The van der Waals surface area contributed by atoms with Gasteiger partial charge < -0.3 is 0 Å². The number of hydrogen-bond donors (Lipinski definition) is 0. The Labute approximate surface area is 167 Å². The van der Waals surface area contributed by atoms with Crippen LogP contribution in [0, 0.1) is 5.82 Å². The molecule has 0 fully saturated rings. The van der Waals surface area contributed by atoms with Crippen LogP contribution < -0.4 is 0 Å². The quantitative estimate of drug-likeness (QED) is 0.477. The molecule has 0 bridgehead atoms. The molecule has 0 amide bonds. The van der Waals surface area contributed by atoms with Gasteiger partial charge in [0, 0.05) is 30.4 Å². The Balaban J connectivity index is 2.07. The molecule has 9 heteroatoms. The molecule has 4 aromatic rings. The zero-order valence-corrected chi connectivity index (χ0v) is 16.9. The molecule has 3 aromatic heterocycles. The second-order valence-electron chi connectivity index (χ2n) is 6.97. The maximum Gasteiger partial charge on any atom is 0.247 e. The van der Waals surface area contributed by atoms with Gasteiger partial charge in [-0.25, -0.2) is 27.8 Å². The molecule has 0 radical (unpaired) electrons. The fourth-order valence-electron chi connectivity index (χ4n) is 3.11. The lowest BCUT2D eigenvalue weighted by molar-refractivity contribution is 0.593. The third-order valence-corrected chi connectivity index (χ3v) is 5.30. The van der Waals surface area contributed by atoms with E-state index in [0.717, 1.165) is 11.9 Å². The highest BCUT2D eigenvalue weighted by molar-refractivity contribution is 7.90. The molecule has 0 unspecified atom stereocenters. The number of imidazole rings is 1. The average molecular weight is 411 g/mol. The Hall–Kier alpha value is -3.20. The summed E-state index contributed by atoms with van der Waals surface area (Å²) in [5.74, 6) is -0.239. The van der Waals surface area contributed by atoms with Crippen LogP contribution in [0.2, 0.25) is 0 Å². The molecule has 0 aliphatic carbocycles. The molecule has 0 spiro atoms. The van der Waals surface area contributed by atoms with Crippen molar-refractivity contribution in [1.29, 1.82) is 0 Å². The van der Waals surface area contributed by atoms with Crippen LogP contribution >= 0.6 is 0 Å². The molecule has 0 N–H and O–H groups in total. The van der Waals surface area contributed by atoms with Gasteiger partial charge in [0.2, 0.25) is 15.0 Å². The SMILES string of the molecule is CC(C)c1nccn2c(-c3ccnc(S(C)(=O)=O)n3)c(-c3ccc(F)cc3)nc12.